The van der Waals surface area contributed by atoms with Gasteiger partial charge in [0.2, 0.25) is 0 Å². The molecule has 0 rings (SSSR count). The Hall–Kier alpha value is 0.01000. The number of rotatable bonds is 0. The Morgan fingerprint density at radius 1 is 0.667 bits per heavy atom. The number of hydrogen-bond acceptors (Lipinski definition) is 0. The van der Waals surface area contributed by atoms with Crippen LogP contribution in [0, 0.1) is 0 Å². The molecule has 0 spiro atoms. The Morgan fingerprint density at radius 3 is 0.833 bits per heavy atom. The molecule has 0 bridgehead atoms. The van der Waals surface area contributed by atoms with E-state index in [9.17, 15) is 26.3 Å². The molecule has 0 atom stereocenters. The van der Waals surface area contributed by atoms with Gasteiger partial charge in [0.25, 0.3) is 0 Å². The maximum atomic E-state index is 12.1. The first kappa shape index (κ1) is 12.0. The summed E-state index contributed by atoms with van der Waals surface area (Å²) in [5.41, 5.74) is 0. The molecule has 12 heavy (non-hydrogen) atoms. The van der Waals surface area contributed by atoms with Crippen molar-refractivity contribution in [2.45, 2.75) is 11.8 Å². The third-order valence-electron chi connectivity index (χ3n) is 1.77. The van der Waals surface area contributed by atoms with Crippen molar-refractivity contribution in [1.82, 2.24) is 0 Å². The average molecular weight is 214 g/mol. The van der Waals surface area contributed by atoms with Gasteiger partial charge < -0.3 is 0 Å². The van der Waals surface area contributed by atoms with Crippen molar-refractivity contribution in [2.75, 3.05) is 20.0 Å². The molecule has 0 saturated heterocycles. The number of alkyl halides is 6. The van der Waals surface area contributed by atoms with Crippen molar-refractivity contribution in [1.29, 1.82) is 0 Å². The maximum absolute atomic E-state index is 12.1. The summed E-state index contributed by atoms with van der Waals surface area (Å²) in [6.07, 6.45) is 0. The van der Waals surface area contributed by atoms with Crippen LogP contribution in [0.5, 0.6) is 0 Å². The normalized spacial score (nSPS) is 18.6. The van der Waals surface area contributed by atoms with Crippen molar-refractivity contribution >= 4 is 6.60 Å². The van der Waals surface area contributed by atoms with E-state index in [0.29, 0.717) is 0 Å². The van der Waals surface area contributed by atoms with Crippen molar-refractivity contribution in [3.05, 3.63) is 0 Å². The van der Waals surface area contributed by atoms with Crippen LogP contribution in [0.1, 0.15) is 0 Å². The van der Waals surface area contributed by atoms with Gasteiger partial charge in [-0.25, -0.2) is 0 Å². The van der Waals surface area contributed by atoms with E-state index < -0.39 is 18.4 Å². The van der Waals surface area contributed by atoms with Gasteiger partial charge in [0, 0.05) is 0 Å². The second-order valence-electron chi connectivity index (χ2n) is 3.73. The van der Waals surface area contributed by atoms with Gasteiger partial charge in [0.15, 0.2) is 0 Å². The third-order valence-corrected chi connectivity index (χ3v) is 5.32. The van der Waals surface area contributed by atoms with E-state index in [4.69, 9.17) is 0 Å². The predicted molar refractivity (Wildman–Crippen MR) is 36.8 cm³/mol. The summed E-state index contributed by atoms with van der Waals surface area (Å²) in [6.45, 7) is -4.81. The zero-order valence-corrected chi connectivity index (χ0v) is 7.61. The molecular formula is C5H9F6P. The fourth-order valence-corrected chi connectivity index (χ4v) is 0.431. The Bertz CT molecular complexity index is 161. The SMILES string of the molecule is CP(C)(C)(C(F)(F)F)C(F)(F)F. The topological polar surface area (TPSA) is 0 Å². The molecule has 0 amide bonds. The van der Waals surface area contributed by atoms with Crippen LogP contribution >= 0.6 is 6.60 Å². The van der Waals surface area contributed by atoms with Gasteiger partial charge in [-0.05, 0) is 0 Å². The molecule has 0 N–H and O–H groups in total. The summed E-state index contributed by atoms with van der Waals surface area (Å²) in [4.78, 5) is 0. The quantitative estimate of drug-likeness (QED) is 0.427. The van der Waals surface area contributed by atoms with E-state index in [1.807, 2.05) is 0 Å². The van der Waals surface area contributed by atoms with Gasteiger partial charge in [0.05, 0.1) is 0 Å². The molecule has 0 aromatic carbocycles. The molecule has 0 aliphatic rings. The van der Waals surface area contributed by atoms with Crippen molar-refractivity contribution in [3.8, 4) is 0 Å². The summed E-state index contributed by atoms with van der Waals surface area (Å²) in [7, 11) is 0. The van der Waals surface area contributed by atoms with Gasteiger partial charge in [-0.1, -0.05) is 0 Å². The third kappa shape index (κ3) is 1.41. The van der Waals surface area contributed by atoms with Gasteiger partial charge >= 0.3 is 64.8 Å². The van der Waals surface area contributed by atoms with E-state index >= 15 is 0 Å². The molecule has 0 saturated carbocycles. The van der Waals surface area contributed by atoms with E-state index in [1.165, 1.54) is 0 Å². The van der Waals surface area contributed by atoms with Crippen LogP contribution in [0.25, 0.3) is 0 Å². The van der Waals surface area contributed by atoms with Crippen LogP contribution in [-0.4, -0.2) is 31.8 Å². The van der Waals surface area contributed by atoms with Crippen molar-refractivity contribution < 1.29 is 26.3 Å². The standard InChI is InChI=1S/C5H9F6P/c1-12(2,3,4(6,7)8)5(9,10)11/h1-3H3. The summed E-state index contributed by atoms with van der Waals surface area (Å²) in [5, 5.41) is 0. The van der Waals surface area contributed by atoms with Crippen molar-refractivity contribution in [2.24, 2.45) is 0 Å². The molecule has 0 unspecified atom stereocenters. The van der Waals surface area contributed by atoms with Crippen LogP contribution in [0.3, 0.4) is 0 Å². The van der Waals surface area contributed by atoms with E-state index in [0.717, 1.165) is 0 Å². The van der Waals surface area contributed by atoms with Crippen molar-refractivity contribution in [3.63, 3.8) is 0 Å². The van der Waals surface area contributed by atoms with Crippen LogP contribution in [0.15, 0.2) is 0 Å². The molecule has 0 aliphatic carbocycles. The Morgan fingerprint density at radius 2 is 0.833 bits per heavy atom. The Balaban J connectivity index is 5.29. The second kappa shape index (κ2) is 2.28. The van der Waals surface area contributed by atoms with Crippen LogP contribution in [-0.2, 0) is 0 Å². The number of hydrogen-bond donors (Lipinski definition) is 0. The molecule has 7 heteroatoms. The Kier molecular flexibility index (Phi) is 2.28. The average Bonchev–Trinajstić information content (AvgIpc) is 1.55. The van der Waals surface area contributed by atoms with Gasteiger partial charge in [-0.2, -0.15) is 0 Å². The minimum atomic E-state index is -5.58. The summed E-state index contributed by atoms with van der Waals surface area (Å²) in [5.74, 6) is -10.4. The zero-order valence-electron chi connectivity index (χ0n) is 6.72. The van der Waals surface area contributed by atoms with E-state index in [2.05, 4.69) is 0 Å². The van der Waals surface area contributed by atoms with E-state index in [1.54, 1.807) is 0 Å². The first-order valence-electron chi connectivity index (χ1n) is 2.92. The molecule has 0 aliphatic heterocycles. The van der Waals surface area contributed by atoms with Gasteiger partial charge in [0.1, 0.15) is 0 Å². The van der Waals surface area contributed by atoms with Crippen LogP contribution < -0.4 is 0 Å². The van der Waals surface area contributed by atoms with Gasteiger partial charge in [-0.3, -0.25) is 0 Å². The molecular weight excluding hydrogens is 205 g/mol. The molecule has 0 nitrogen and oxygen atoms in total. The molecule has 0 fully saturated rings. The van der Waals surface area contributed by atoms with Crippen LogP contribution in [0.4, 0.5) is 26.3 Å². The molecule has 0 aromatic heterocycles. The molecule has 0 radical (unpaired) electrons. The molecule has 0 aromatic rings. The summed E-state index contributed by atoms with van der Waals surface area (Å²) in [6, 6.07) is 0. The minimum absolute atomic E-state index is 0.256. The first-order chi connectivity index (χ1) is 4.79. The molecule has 0 heterocycles. The predicted octanol–water partition coefficient (Wildman–Crippen LogP) is 3.47. The first-order valence-corrected chi connectivity index (χ1v) is 6.50. The zero-order chi connectivity index (χ0) is 10.4. The Labute approximate surface area is 65.9 Å². The number of halogens is 6. The van der Waals surface area contributed by atoms with Crippen LogP contribution in [0.2, 0.25) is 0 Å². The summed E-state index contributed by atoms with van der Waals surface area (Å²) >= 11 is 0. The summed E-state index contributed by atoms with van der Waals surface area (Å²) < 4.78 is 72.3. The second-order valence-corrected chi connectivity index (χ2v) is 10.3. The molecule has 76 valence electrons. The van der Waals surface area contributed by atoms with Gasteiger partial charge in [-0.15, -0.1) is 0 Å². The fraction of sp³-hybridized carbons (Fsp3) is 1.00. The van der Waals surface area contributed by atoms with E-state index in [-0.39, 0.29) is 20.0 Å². The monoisotopic (exact) mass is 214 g/mol. The fourth-order valence-electron chi connectivity index (χ4n) is 0.144.